The fourth-order valence-corrected chi connectivity index (χ4v) is 3.59. The normalized spacial score (nSPS) is 15.6. The van der Waals surface area contributed by atoms with Crippen molar-refractivity contribution in [3.05, 3.63) is 53.6 Å². The average molecular weight is 394 g/mol. The molecule has 2 rings (SSSR count). The van der Waals surface area contributed by atoms with Crippen LogP contribution in [0, 0.1) is 0 Å². The Labute approximate surface area is 165 Å². The Morgan fingerprint density at radius 2 is 1.82 bits per heavy atom. The molecular formula is C22H29F3N2O. The van der Waals surface area contributed by atoms with E-state index in [1.165, 1.54) is 0 Å². The minimum absolute atomic E-state index is 0.138. The zero-order chi connectivity index (χ0) is 20.9. The van der Waals surface area contributed by atoms with E-state index in [1.807, 2.05) is 18.9 Å². The van der Waals surface area contributed by atoms with Crippen LogP contribution in [0.1, 0.15) is 54.9 Å². The number of amides is 1. The Balaban J connectivity index is 2.43. The van der Waals surface area contributed by atoms with Crippen molar-refractivity contribution in [2.75, 3.05) is 20.6 Å². The third-order valence-corrected chi connectivity index (χ3v) is 5.24. The predicted molar refractivity (Wildman–Crippen MR) is 107 cm³/mol. The minimum Gasteiger partial charge on any atom is -0.371 e. The summed E-state index contributed by atoms with van der Waals surface area (Å²) >= 11 is 0. The number of hydrogen-bond donors (Lipinski definition) is 0. The van der Waals surface area contributed by atoms with Crippen molar-refractivity contribution in [2.24, 2.45) is 0 Å². The number of halogens is 3. The van der Waals surface area contributed by atoms with Crippen molar-refractivity contribution in [1.29, 1.82) is 0 Å². The molecule has 3 nitrogen and oxygen atoms in total. The lowest BCUT2D eigenvalue weighted by molar-refractivity contribution is -0.0878. The van der Waals surface area contributed by atoms with Crippen LogP contribution in [-0.4, -0.2) is 48.6 Å². The van der Waals surface area contributed by atoms with Gasteiger partial charge in [0.15, 0.2) is 0 Å². The van der Waals surface area contributed by atoms with Gasteiger partial charge in [0.05, 0.1) is 5.57 Å². The molecule has 0 heterocycles. The second kappa shape index (κ2) is 9.30. The summed E-state index contributed by atoms with van der Waals surface area (Å²) in [6, 6.07) is 7.03. The summed E-state index contributed by atoms with van der Waals surface area (Å²) in [5.41, 5.74) is 0.613. The van der Waals surface area contributed by atoms with E-state index < -0.39 is 11.7 Å². The van der Waals surface area contributed by atoms with Crippen molar-refractivity contribution < 1.29 is 18.0 Å². The number of carbonyl (C=O) groups is 1. The van der Waals surface area contributed by atoms with E-state index >= 15 is 0 Å². The van der Waals surface area contributed by atoms with Gasteiger partial charge < -0.3 is 9.80 Å². The molecule has 1 amide bonds. The zero-order valence-corrected chi connectivity index (χ0v) is 16.9. The molecule has 0 aromatic heterocycles. The number of hydrogen-bond acceptors (Lipinski definition) is 2. The predicted octanol–water partition coefficient (Wildman–Crippen LogP) is 5.50. The lowest BCUT2D eigenvalue weighted by atomic mass is 10.0. The molecule has 154 valence electrons. The van der Waals surface area contributed by atoms with Gasteiger partial charge in [0.25, 0.3) is 5.91 Å². The first-order valence-electron chi connectivity index (χ1n) is 9.71. The van der Waals surface area contributed by atoms with Gasteiger partial charge in [0, 0.05) is 37.9 Å². The second-order valence-electron chi connectivity index (χ2n) is 7.41. The highest BCUT2D eigenvalue weighted by Crippen LogP contribution is 2.33. The van der Waals surface area contributed by atoms with Crippen LogP contribution >= 0.6 is 0 Å². The molecule has 1 aliphatic carbocycles. The molecule has 6 heteroatoms. The third kappa shape index (κ3) is 5.40. The quantitative estimate of drug-likeness (QED) is 0.570. The Kier molecular flexibility index (Phi) is 7.33. The highest BCUT2D eigenvalue weighted by atomic mass is 19.4. The molecule has 1 aromatic rings. The number of carbonyl (C=O) groups excluding carboxylic acids is 1. The van der Waals surface area contributed by atoms with Crippen molar-refractivity contribution in [3.63, 3.8) is 0 Å². The summed E-state index contributed by atoms with van der Waals surface area (Å²) in [5, 5.41) is 0. The van der Waals surface area contributed by atoms with Crippen molar-refractivity contribution in [3.8, 4) is 0 Å². The fraction of sp³-hybridized carbons (Fsp3) is 0.500. The van der Waals surface area contributed by atoms with Crippen molar-refractivity contribution in [2.45, 2.75) is 51.2 Å². The third-order valence-electron chi connectivity index (χ3n) is 5.24. The number of alkyl halides is 3. The summed E-state index contributed by atoms with van der Waals surface area (Å²) in [7, 11) is 3.55. The highest BCUT2D eigenvalue weighted by molar-refractivity contribution is 5.95. The maximum atomic E-state index is 13.1. The van der Waals surface area contributed by atoms with Gasteiger partial charge in [0.2, 0.25) is 0 Å². The first-order chi connectivity index (χ1) is 13.1. The van der Waals surface area contributed by atoms with Gasteiger partial charge in [0.1, 0.15) is 0 Å². The topological polar surface area (TPSA) is 23.6 Å². The number of benzene rings is 1. The van der Waals surface area contributed by atoms with Crippen LogP contribution in [0.3, 0.4) is 0 Å². The van der Waals surface area contributed by atoms with Crippen LogP contribution in [0.5, 0.6) is 0 Å². The maximum absolute atomic E-state index is 13.1. The molecule has 0 N–H and O–H groups in total. The molecule has 28 heavy (non-hydrogen) atoms. The van der Waals surface area contributed by atoms with Gasteiger partial charge in [-0.2, -0.15) is 13.2 Å². The average Bonchev–Trinajstić information content (AvgIpc) is 3.19. The monoisotopic (exact) mass is 394 g/mol. The molecule has 0 unspecified atom stereocenters. The second-order valence-corrected chi connectivity index (χ2v) is 7.41. The minimum atomic E-state index is -4.49. The molecule has 1 aliphatic rings. The van der Waals surface area contributed by atoms with E-state index in [9.17, 15) is 18.0 Å². The van der Waals surface area contributed by atoms with Gasteiger partial charge in [-0.15, -0.1) is 0 Å². The largest absolute Gasteiger partial charge is 0.415 e. The first kappa shape index (κ1) is 22.1. The van der Waals surface area contributed by atoms with E-state index in [-0.39, 0.29) is 11.9 Å². The summed E-state index contributed by atoms with van der Waals surface area (Å²) < 4.78 is 39.4. The molecule has 1 aromatic carbocycles. The van der Waals surface area contributed by atoms with Gasteiger partial charge >= 0.3 is 6.18 Å². The van der Waals surface area contributed by atoms with Crippen LogP contribution in [0.4, 0.5) is 13.2 Å². The maximum Gasteiger partial charge on any atom is 0.415 e. The smallest absolute Gasteiger partial charge is 0.371 e. The zero-order valence-electron chi connectivity index (χ0n) is 16.9. The Morgan fingerprint density at radius 3 is 2.39 bits per heavy atom. The first-order valence-corrected chi connectivity index (χ1v) is 9.71. The lowest BCUT2D eigenvalue weighted by Crippen LogP contribution is -2.29. The number of allylic oxidation sites excluding steroid dienone is 2. The molecule has 1 fully saturated rings. The standard InChI is InChI=1S/C22H29F3N2O/c1-5-13-26(3)21(28)18-10-8-9-17(15-18)20(14-16(2)22(23,24)25)27(4)19-11-6-7-12-19/h8-10,14-15,19H,2,5-7,11-13H2,1,3-4H3/b20-14-. The van der Waals surface area contributed by atoms with Crippen LogP contribution in [0.25, 0.3) is 5.70 Å². The van der Waals surface area contributed by atoms with Crippen molar-refractivity contribution in [1.82, 2.24) is 9.80 Å². The van der Waals surface area contributed by atoms with E-state index in [1.54, 1.807) is 36.2 Å². The van der Waals surface area contributed by atoms with Gasteiger partial charge in [-0.05, 0) is 43.0 Å². The Morgan fingerprint density at radius 1 is 1.21 bits per heavy atom. The van der Waals surface area contributed by atoms with E-state index in [0.29, 0.717) is 23.4 Å². The van der Waals surface area contributed by atoms with Gasteiger partial charge in [-0.3, -0.25) is 4.79 Å². The molecule has 0 saturated heterocycles. The Bertz CT molecular complexity index is 734. The Hall–Kier alpha value is -2.24. The molecule has 0 atom stereocenters. The van der Waals surface area contributed by atoms with Gasteiger partial charge in [-0.25, -0.2) is 0 Å². The fourth-order valence-electron chi connectivity index (χ4n) is 3.59. The summed E-state index contributed by atoms with van der Waals surface area (Å²) in [5.74, 6) is -0.138. The van der Waals surface area contributed by atoms with E-state index in [0.717, 1.165) is 38.2 Å². The van der Waals surface area contributed by atoms with Crippen molar-refractivity contribution >= 4 is 11.6 Å². The number of nitrogens with zero attached hydrogens (tertiary/aromatic N) is 2. The van der Waals surface area contributed by atoms with E-state index in [4.69, 9.17) is 0 Å². The molecule has 0 radical (unpaired) electrons. The molecular weight excluding hydrogens is 365 g/mol. The van der Waals surface area contributed by atoms with Crippen LogP contribution in [0.15, 0.2) is 42.5 Å². The molecule has 0 aliphatic heterocycles. The molecule has 0 spiro atoms. The summed E-state index contributed by atoms with van der Waals surface area (Å²) in [6.07, 6.45) is 1.48. The SMILES string of the molecule is C=C(/C=C(/c1cccc(C(=O)N(C)CCC)c1)N(C)C1CCCC1)C(F)(F)F. The number of rotatable bonds is 7. The van der Waals surface area contributed by atoms with Crippen LogP contribution < -0.4 is 0 Å². The van der Waals surface area contributed by atoms with Gasteiger partial charge in [-0.1, -0.05) is 38.5 Å². The summed E-state index contributed by atoms with van der Waals surface area (Å²) in [6.45, 7) is 5.82. The summed E-state index contributed by atoms with van der Waals surface area (Å²) in [4.78, 5) is 16.1. The highest BCUT2D eigenvalue weighted by Gasteiger charge is 2.32. The van der Waals surface area contributed by atoms with Crippen LogP contribution in [-0.2, 0) is 0 Å². The lowest BCUT2D eigenvalue weighted by Gasteiger charge is -2.30. The molecule has 1 saturated carbocycles. The molecule has 0 bridgehead atoms. The van der Waals surface area contributed by atoms with Crippen LogP contribution in [0.2, 0.25) is 0 Å². The van der Waals surface area contributed by atoms with E-state index in [2.05, 4.69) is 6.58 Å².